The summed E-state index contributed by atoms with van der Waals surface area (Å²) in [5, 5.41) is 7.33. The Morgan fingerprint density at radius 3 is 3.00 bits per heavy atom. The van der Waals surface area contributed by atoms with Crippen LogP contribution in [-0.4, -0.2) is 27.2 Å². The molecule has 1 amide bonds. The van der Waals surface area contributed by atoms with Gasteiger partial charge in [0.2, 0.25) is 0 Å². The average molecular weight is 245 g/mol. The largest absolute Gasteiger partial charge is 0.382 e. The molecule has 6 nitrogen and oxygen atoms in total. The maximum atomic E-state index is 11.2. The van der Waals surface area contributed by atoms with Crippen molar-refractivity contribution in [3.8, 4) is 0 Å². The van der Waals surface area contributed by atoms with Crippen LogP contribution in [0.1, 0.15) is 15.9 Å². The van der Waals surface area contributed by atoms with Crippen LogP contribution >= 0.6 is 0 Å². The number of nitrogens with two attached hydrogens (primary N) is 1. The zero-order valence-corrected chi connectivity index (χ0v) is 10.1. The van der Waals surface area contributed by atoms with E-state index in [4.69, 9.17) is 5.73 Å². The number of aromatic nitrogens is 3. The summed E-state index contributed by atoms with van der Waals surface area (Å²) in [5.41, 5.74) is 7.48. The Kier molecular flexibility index (Phi) is 3.57. The van der Waals surface area contributed by atoms with E-state index in [1.807, 2.05) is 17.8 Å². The third kappa shape index (κ3) is 2.85. The summed E-state index contributed by atoms with van der Waals surface area (Å²) >= 11 is 0. The lowest BCUT2D eigenvalue weighted by Crippen LogP contribution is -2.17. The van der Waals surface area contributed by atoms with E-state index >= 15 is 0 Å². The minimum Gasteiger partial charge on any atom is -0.382 e. The molecule has 0 fully saturated rings. The number of amides is 1. The monoisotopic (exact) mass is 245 g/mol. The second-order valence-electron chi connectivity index (χ2n) is 3.99. The van der Waals surface area contributed by atoms with E-state index in [1.54, 1.807) is 18.5 Å². The Hall–Kier alpha value is -2.37. The molecule has 2 aromatic heterocycles. The molecule has 0 aliphatic carbocycles. The number of hydrogen-bond acceptors (Lipinski definition) is 4. The van der Waals surface area contributed by atoms with Crippen molar-refractivity contribution in [1.29, 1.82) is 0 Å². The third-order valence-corrected chi connectivity index (χ3v) is 2.51. The number of carbonyl (C=O) groups is 1. The second-order valence-corrected chi connectivity index (χ2v) is 3.99. The first-order valence-corrected chi connectivity index (χ1v) is 5.63. The molecule has 0 bridgehead atoms. The quantitative estimate of drug-likeness (QED) is 0.815. The van der Waals surface area contributed by atoms with Crippen LogP contribution in [0.5, 0.6) is 0 Å². The highest BCUT2D eigenvalue weighted by molar-refractivity contribution is 5.98. The van der Waals surface area contributed by atoms with Gasteiger partial charge in [-0.3, -0.25) is 14.5 Å². The van der Waals surface area contributed by atoms with Crippen LogP contribution in [0.2, 0.25) is 0 Å². The molecule has 0 radical (unpaired) electrons. The van der Waals surface area contributed by atoms with E-state index in [0.717, 1.165) is 5.56 Å². The van der Waals surface area contributed by atoms with Crippen molar-refractivity contribution in [3.05, 3.63) is 42.0 Å². The van der Waals surface area contributed by atoms with Gasteiger partial charge in [0.05, 0.1) is 24.0 Å². The zero-order valence-electron chi connectivity index (χ0n) is 10.1. The van der Waals surface area contributed by atoms with Gasteiger partial charge in [-0.25, -0.2) is 0 Å². The molecule has 2 rings (SSSR count). The highest BCUT2D eigenvalue weighted by atomic mass is 16.1. The first kappa shape index (κ1) is 12.1. The fourth-order valence-electron chi connectivity index (χ4n) is 1.64. The van der Waals surface area contributed by atoms with Crippen LogP contribution in [-0.2, 0) is 6.54 Å². The van der Waals surface area contributed by atoms with Crippen LogP contribution in [0.25, 0.3) is 0 Å². The molecule has 94 valence electrons. The molecule has 0 saturated carbocycles. The Morgan fingerprint density at radius 1 is 1.50 bits per heavy atom. The summed E-state index contributed by atoms with van der Waals surface area (Å²) < 4.78 is 1.84. The normalized spacial score (nSPS) is 10.3. The molecule has 0 aliphatic rings. The molecule has 2 heterocycles. The predicted octanol–water partition coefficient (Wildman–Crippen LogP) is 0.798. The maximum Gasteiger partial charge on any atom is 0.252 e. The van der Waals surface area contributed by atoms with E-state index in [-0.39, 0.29) is 0 Å². The fourth-order valence-corrected chi connectivity index (χ4v) is 1.64. The number of nitrogens with zero attached hydrogens (tertiary/aromatic N) is 3. The SMILES string of the molecule is Cc1cnn(CCNc2ccncc2C(N)=O)c1. The van der Waals surface area contributed by atoms with E-state index in [9.17, 15) is 4.79 Å². The van der Waals surface area contributed by atoms with Crippen molar-refractivity contribution in [2.45, 2.75) is 13.5 Å². The standard InChI is InChI=1S/C12H15N5O/c1-9-6-16-17(8-9)5-4-15-11-2-3-14-7-10(11)12(13)18/h2-3,6-8H,4-5H2,1H3,(H2,13,18)(H,14,15). The summed E-state index contributed by atoms with van der Waals surface area (Å²) in [6.45, 7) is 3.37. The molecule has 0 saturated heterocycles. The molecule has 0 spiro atoms. The van der Waals surface area contributed by atoms with Gasteiger partial charge >= 0.3 is 0 Å². The van der Waals surface area contributed by atoms with Crippen LogP contribution < -0.4 is 11.1 Å². The van der Waals surface area contributed by atoms with Gasteiger partial charge in [-0.2, -0.15) is 5.10 Å². The summed E-state index contributed by atoms with van der Waals surface area (Å²) in [6, 6.07) is 1.73. The van der Waals surface area contributed by atoms with E-state index < -0.39 is 5.91 Å². The highest BCUT2D eigenvalue weighted by Crippen LogP contribution is 2.12. The lowest BCUT2D eigenvalue weighted by molar-refractivity contribution is 0.100. The number of primary amides is 1. The second kappa shape index (κ2) is 5.31. The number of aryl methyl sites for hydroxylation is 1. The molecule has 3 N–H and O–H groups in total. The zero-order chi connectivity index (χ0) is 13.0. The van der Waals surface area contributed by atoms with Gasteiger partial charge in [0, 0.05) is 25.1 Å². The molecule has 0 atom stereocenters. The van der Waals surface area contributed by atoms with Crippen molar-refractivity contribution < 1.29 is 4.79 Å². The van der Waals surface area contributed by atoms with Crippen LogP contribution in [0, 0.1) is 6.92 Å². The summed E-state index contributed by atoms with van der Waals surface area (Å²) in [7, 11) is 0. The number of hydrogen-bond donors (Lipinski definition) is 2. The maximum absolute atomic E-state index is 11.2. The first-order valence-electron chi connectivity index (χ1n) is 5.63. The van der Waals surface area contributed by atoms with E-state index in [2.05, 4.69) is 15.4 Å². The number of nitrogens with one attached hydrogen (secondary N) is 1. The molecule has 2 aromatic rings. The molecule has 6 heteroatoms. The van der Waals surface area contributed by atoms with Crippen molar-refractivity contribution in [3.63, 3.8) is 0 Å². The Bertz CT molecular complexity index is 549. The highest BCUT2D eigenvalue weighted by Gasteiger charge is 2.06. The lowest BCUT2D eigenvalue weighted by atomic mass is 10.2. The van der Waals surface area contributed by atoms with Crippen molar-refractivity contribution in [2.75, 3.05) is 11.9 Å². The van der Waals surface area contributed by atoms with Gasteiger partial charge in [-0.1, -0.05) is 0 Å². The van der Waals surface area contributed by atoms with Gasteiger partial charge in [0.25, 0.3) is 5.91 Å². The first-order chi connectivity index (χ1) is 8.66. The molecular formula is C12H15N5O. The molecule has 18 heavy (non-hydrogen) atoms. The van der Waals surface area contributed by atoms with E-state index in [1.165, 1.54) is 6.20 Å². The molecule has 0 unspecified atom stereocenters. The Labute approximate surface area is 105 Å². The minimum atomic E-state index is -0.486. The Morgan fingerprint density at radius 2 is 2.33 bits per heavy atom. The predicted molar refractivity (Wildman–Crippen MR) is 68.2 cm³/mol. The number of pyridine rings is 1. The topological polar surface area (TPSA) is 85.8 Å². The summed E-state index contributed by atoms with van der Waals surface area (Å²) in [4.78, 5) is 15.1. The smallest absolute Gasteiger partial charge is 0.252 e. The van der Waals surface area contributed by atoms with Crippen molar-refractivity contribution in [2.24, 2.45) is 5.73 Å². The average Bonchev–Trinajstić information content (AvgIpc) is 2.75. The number of carbonyl (C=O) groups excluding carboxylic acids is 1. The van der Waals surface area contributed by atoms with Gasteiger partial charge in [-0.05, 0) is 18.6 Å². The van der Waals surface area contributed by atoms with Crippen LogP contribution in [0.15, 0.2) is 30.9 Å². The number of anilines is 1. The molecule has 0 aromatic carbocycles. The van der Waals surface area contributed by atoms with Crippen LogP contribution in [0.4, 0.5) is 5.69 Å². The van der Waals surface area contributed by atoms with Gasteiger partial charge in [0.15, 0.2) is 0 Å². The van der Waals surface area contributed by atoms with E-state index in [0.29, 0.717) is 24.3 Å². The molecule has 0 aliphatic heterocycles. The van der Waals surface area contributed by atoms with Gasteiger partial charge in [0.1, 0.15) is 0 Å². The third-order valence-electron chi connectivity index (χ3n) is 2.51. The number of rotatable bonds is 5. The van der Waals surface area contributed by atoms with Crippen LogP contribution in [0.3, 0.4) is 0 Å². The summed E-state index contributed by atoms with van der Waals surface area (Å²) in [6.07, 6.45) is 6.85. The van der Waals surface area contributed by atoms with Crippen molar-refractivity contribution >= 4 is 11.6 Å². The Balaban J connectivity index is 1.96. The molecular weight excluding hydrogens is 230 g/mol. The van der Waals surface area contributed by atoms with Crippen molar-refractivity contribution in [1.82, 2.24) is 14.8 Å². The van der Waals surface area contributed by atoms with Gasteiger partial charge < -0.3 is 11.1 Å². The van der Waals surface area contributed by atoms with Gasteiger partial charge in [-0.15, -0.1) is 0 Å². The minimum absolute atomic E-state index is 0.397. The fraction of sp³-hybridized carbons (Fsp3) is 0.250. The lowest BCUT2D eigenvalue weighted by Gasteiger charge is -2.09. The summed E-state index contributed by atoms with van der Waals surface area (Å²) in [5.74, 6) is -0.486.